The zero-order valence-corrected chi connectivity index (χ0v) is 22.4. The second-order valence-corrected chi connectivity index (χ2v) is 8.68. The molecule has 0 amide bonds. The molecule has 0 fully saturated rings. The summed E-state index contributed by atoms with van der Waals surface area (Å²) in [7, 11) is 0. The molecule has 0 unspecified atom stereocenters. The third-order valence-electron chi connectivity index (χ3n) is 5.78. The van der Waals surface area contributed by atoms with E-state index in [4.69, 9.17) is 4.74 Å². The van der Waals surface area contributed by atoms with Gasteiger partial charge in [-0.2, -0.15) is 0 Å². The van der Waals surface area contributed by atoms with Crippen molar-refractivity contribution in [2.75, 3.05) is 13.2 Å². The van der Waals surface area contributed by atoms with E-state index in [1.807, 2.05) is 0 Å². The van der Waals surface area contributed by atoms with E-state index in [9.17, 15) is 0 Å². The number of hydrogen-bond acceptors (Lipinski definition) is 1. The first-order chi connectivity index (χ1) is 13.4. The Kier molecular flexibility index (Phi) is 33.5. The minimum Gasteiger partial charge on any atom is -1.00 e. The van der Waals surface area contributed by atoms with Gasteiger partial charge in [0.2, 0.25) is 0 Å². The van der Waals surface area contributed by atoms with Crippen LogP contribution in [0.1, 0.15) is 157 Å². The van der Waals surface area contributed by atoms with Crippen molar-refractivity contribution in [3.63, 3.8) is 0 Å². The van der Waals surface area contributed by atoms with Crippen molar-refractivity contribution in [3.05, 3.63) is 0 Å². The fraction of sp³-hybridized carbons (Fsp3) is 1.00. The van der Waals surface area contributed by atoms with Crippen molar-refractivity contribution >= 4 is 0 Å². The molecule has 0 aliphatic carbocycles. The number of ether oxygens (including phenoxy) is 1. The van der Waals surface area contributed by atoms with Crippen LogP contribution in [0.3, 0.4) is 0 Å². The molecule has 0 rings (SSSR count). The van der Waals surface area contributed by atoms with Crippen LogP contribution in [0.5, 0.6) is 0 Å². The van der Waals surface area contributed by atoms with Crippen molar-refractivity contribution in [1.29, 1.82) is 0 Å². The smallest absolute Gasteiger partial charge is 1.00 e. The number of hydrogen-bond donors (Lipinski definition) is 0. The van der Waals surface area contributed by atoms with Crippen LogP contribution in [0.15, 0.2) is 0 Å². The van der Waals surface area contributed by atoms with Crippen LogP contribution in [0.4, 0.5) is 0 Å². The van der Waals surface area contributed by atoms with Gasteiger partial charge in [-0.15, -0.1) is 0 Å². The molecule has 0 radical (unpaired) electrons. The molecule has 0 aliphatic heterocycles. The zero-order chi connectivity index (χ0) is 19.7. The molecule has 0 N–H and O–H groups in total. The molecule has 0 spiro atoms. The van der Waals surface area contributed by atoms with Gasteiger partial charge in [0.05, 0.1) is 0 Å². The SMILES string of the molecule is CCCCCCCCCCCCCOCCCCCCCCCCCCC.[H-].[Na+]. The van der Waals surface area contributed by atoms with E-state index in [1.165, 1.54) is 141 Å². The topological polar surface area (TPSA) is 9.23 Å². The zero-order valence-electron chi connectivity index (χ0n) is 21.4. The summed E-state index contributed by atoms with van der Waals surface area (Å²) < 4.78 is 5.80. The van der Waals surface area contributed by atoms with E-state index in [2.05, 4.69) is 13.8 Å². The molecule has 2 heteroatoms. The van der Waals surface area contributed by atoms with Crippen molar-refractivity contribution in [2.24, 2.45) is 0 Å². The molecule has 0 aromatic heterocycles. The first-order valence-corrected chi connectivity index (χ1v) is 13.0. The summed E-state index contributed by atoms with van der Waals surface area (Å²) in [5.74, 6) is 0. The van der Waals surface area contributed by atoms with E-state index in [-0.39, 0.29) is 31.0 Å². The minimum absolute atomic E-state index is 0. The van der Waals surface area contributed by atoms with Crippen molar-refractivity contribution in [2.45, 2.75) is 155 Å². The molecule has 0 aliphatic rings. The van der Waals surface area contributed by atoms with Gasteiger partial charge in [0.15, 0.2) is 0 Å². The van der Waals surface area contributed by atoms with Crippen molar-refractivity contribution in [3.8, 4) is 0 Å². The van der Waals surface area contributed by atoms with E-state index < -0.39 is 0 Å². The van der Waals surface area contributed by atoms with Gasteiger partial charge in [0.25, 0.3) is 0 Å². The van der Waals surface area contributed by atoms with Crippen LogP contribution >= 0.6 is 0 Å². The van der Waals surface area contributed by atoms with Crippen LogP contribution < -0.4 is 29.6 Å². The van der Waals surface area contributed by atoms with E-state index in [0.717, 1.165) is 13.2 Å². The van der Waals surface area contributed by atoms with Crippen LogP contribution in [0, 0.1) is 0 Å². The van der Waals surface area contributed by atoms with E-state index in [1.54, 1.807) is 0 Å². The monoisotopic (exact) mass is 406 g/mol. The quantitative estimate of drug-likeness (QED) is 0.127. The first-order valence-electron chi connectivity index (χ1n) is 13.0. The summed E-state index contributed by atoms with van der Waals surface area (Å²) in [6.45, 7) is 6.58. The Balaban J connectivity index is -0.00000338. The second-order valence-electron chi connectivity index (χ2n) is 8.68. The summed E-state index contributed by atoms with van der Waals surface area (Å²) in [6, 6.07) is 0. The Hall–Kier alpha value is 0.960. The van der Waals surface area contributed by atoms with E-state index in [0.29, 0.717) is 0 Å². The molecule has 0 aromatic rings. The van der Waals surface area contributed by atoms with Gasteiger partial charge in [-0.3, -0.25) is 0 Å². The van der Waals surface area contributed by atoms with Gasteiger partial charge in [-0.25, -0.2) is 0 Å². The maximum absolute atomic E-state index is 5.80. The average Bonchev–Trinajstić information content (AvgIpc) is 2.68. The van der Waals surface area contributed by atoms with Gasteiger partial charge in [-0.1, -0.05) is 142 Å². The Morgan fingerprint density at radius 2 is 0.571 bits per heavy atom. The number of rotatable bonds is 24. The van der Waals surface area contributed by atoms with Gasteiger partial charge in [0.1, 0.15) is 0 Å². The Labute approximate surface area is 203 Å². The standard InChI is InChI=1S/C26H54O.Na.H/c1-3-5-7-9-11-13-15-17-19-21-23-25-27-26-24-22-20-18-16-14-12-10-8-6-4-2;;/h3-26H2,1-2H3;;/q;+1;-1. The maximum atomic E-state index is 5.80. The predicted molar refractivity (Wildman–Crippen MR) is 125 cm³/mol. The van der Waals surface area contributed by atoms with Crippen molar-refractivity contribution < 1.29 is 35.7 Å². The first kappa shape index (κ1) is 31.1. The summed E-state index contributed by atoms with van der Waals surface area (Å²) >= 11 is 0. The molecule has 0 atom stereocenters. The second kappa shape index (κ2) is 30.2. The summed E-state index contributed by atoms with van der Waals surface area (Å²) in [5, 5.41) is 0. The van der Waals surface area contributed by atoms with Crippen LogP contribution in [-0.2, 0) is 4.74 Å². The third kappa shape index (κ3) is 29.2. The van der Waals surface area contributed by atoms with Crippen LogP contribution in [0.25, 0.3) is 0 Å². The molecule has 1 nitrogen and oxygen atoms in total. The normalized spacial score (nSPS) is 10.9. The fourth-order valence-electron chi connectivity index (χ4n) is 3.84. The fourth-order valence-corrected chi connectivity index (χ4v) is 3.84. The average molecular weight is 407 g/mol. The summed E-state index contributed by atoms with van der Waals surface area (Å²) in [5.41, 5.74) is 0. The molecule has 0 heterocycles. The molecule has 0 bridgehead atoms. The Morgan fingerprint density at radius 3 is 0.821 bits per heavy atom. The molecule has 0 saturated carbocycles. The summed E-state index contributed by atoms with van der Waals surface area (Å²) in [6.07, 6.45) is 31.1. The Bertz CT molecular complexity index is 227. The third-order valence-corrected chi connectivity index (χ3v) is 5.78. The minimum atomic E-state index is 0. The van der Waals surface area contributed by atoms with Gasteiger partial charge in [-0.05, 0) is 12.8 Å². The molecular formula is C26H55NaO. The van der Waals surface area contributed by atoms with Crippen LogP contribution in [0.2, 0.25) is 0 Å². The molecule has 166 valence electrons. The van der Waals surface area contributed by atoms with Gasteiger partial charge in [0, 0.05) is 13.2 Å². The van der Waals surface area contributed by atoms with E-state index >= 15 is 0 Å². The van der Waals surface area contributed by atoms with Crippen molar-refractivity contribution in [1.82, 2.24) is 0 Å². The molecular weight excluding hydrogens is 351 g/mol. The Morgan fingerprint density at radius 1 is 0.357 bits per heavy atom. The largest absolute Gasteiger partial charge is 1.00 e. The molecule has 0 saturated heterocycles. The van der Waals surface area contributed by atoms with Crippen LogP contribution in [-0.4, -0.2) is 13.2 Å². The maximum Gasteiger partial charge on any atom is 1.00 e. The van der Waals surface area contributed by atoms with Gasteiger partial charge >= 0.3 is 29.6 Å². The predicted octanol–water partition coefficient (Wildman–Crippen LogP) is 6.74. The number of unbranched alkanes of at least 4 members (excludes halogenated alkanes) is 20. The molecule has 0 aromatic carbocycles. The van der Waals surface area contributed by atoms with Gasteiger partial charge < -0.3 is 6.16 Å². The summed E-state index contributed by atoms with van der Waals surface area (Å²) in [4.78, 5) is 0. The molecule has 28 heavy (non-hydrogen) atoms.